The van der Waals surface area contributed by atoms with Gasteiger partial charge in [0.1, 0.15) is 0 Å². The summed E-state index contributed by atoms with van der Waals surface area (Å²) in [6.07, 6.45) is 2.45. The Morgan fingerprint density at radius 1 is 1.00 bits per heavy atom. The van der Waals surface area contributed by atoms with Gasteiger partial charge in [0, 0.05) is 12.6 Å². The lowest BCUT2D eigenvalue weighted by molar-refractivity contribution is 0.459. The van der Waals surface area contributed by atoms with E-state index in [1.54, 1.807) is 0 Å². The highest BCUT2D eigenvalue weighted by atomic mass is 14.9. The SMILES string of the molecule is NC1CCCNC1.c1ccccc1. The molecule has 1 heterocycles. The molecular weight excluding hydrogens is 160 g/mol. The summed E-state index contributed by atoms with van der Waals surface area (Å²) in [6.45, 7) is 2.17. The van der Waals surface area contributed by atoms with Crippen molar-refractivity contribution in [3.8, 4) is 0 Å². The van der Waals surface area contributed by atoms with Gasteiger partial charge in [-0.25, -0.2) is 0 Å². The van der Waals surface area contributed by atoms with Crippen LogP contribution in [0.3, 0.4) is 0 Å². The van der Waals surface area contributed by atoms with Crippen LogP contribution in [0.15, 0.2) is 36.4 Å². The fourth-order valence-electron chi connectivity index (χ4n) is 1.26. The highest BCUT2D eigenvalue weighted by molar-refractivity contribution is 4.99. The van der Waals surface area contributed by atoms with Gasteiger partial charge in [-0.1, -0.05) is 36.4 Å². The van der Waals surface area contributed by atoms with Crippen LogP contribution in [0.25, 0.3) is 0 Å². The quantitative estimate of drug-likeness (QED) is 0.630. The Kier molecular flexibility index (Phi) is 5.22. The Bertz CT molecular complexity index is 166. The number of hydrogen-bond acceptors (Lipinski definition) is 2. The molecule has 1 aliphatic rings. The fraction of sp³-hybridized carbons (Fsp3) is 0.455. The standard InChI is InChI=1S/C6H6.C5H12N2/c1-2-4-6-5-3-1;6-5-2-1-3-7-4-5/h1-6H;5,7H,1-4,6H2. The van der Waals surface area contributed by atoms with Crippen LogP contribution in [0, 0.1) is 0 Å². The Labute approximate surface area is 80.1 Å². The minimum absolute atomic E-state index is 0.425. The van der Waals surface area contributed by atoms with Gasteiger partial charge in [-0.15, -0.1) is 0 Å². The van der Waals surface area contributed by atoms with Crippen molar-refractivity contribution in [1.29, 1.82) is 0 Å². The average molecular weight is 178 g/mol. The van der Waals surface area contributed by atoms with Gasteiger partial charge in [0.15, 0.2) is 0 Å². The molecule has 1 saturated heterocycles. The molecule has 0 spiro atoms. The van der Waals surface area contributed by atoms with Crippen LogP contribution in [-0.4, -0.2) is 19.1 Å². The molecule has 0 bridgehead atoms. The van der Waals surface area contributed by atoms with E-state index in [2.05, 4.69) is 5.32 Å². The molecule has 2 nitrogen and oxygen atoms in total. The molecule has 0 radical (unpaired) electrons. The largest absolute Gasteiger partial charge is 0.327 e. The van der Waals surface area contributed by atoms with Gasteiger partial charge in [0.2, 0.25) is 0 Å². The maximum Gasteiger partial charge on any atom is 0.0165 e. The molecule has 72 valence electrons. The summed E-state index contributed by atoms with van der Waals surface area (Å²) in [4.78, 5) is 0. The van der Waals surface area contributed by atoms with Crippen LogP contribution in [0.1, 0.15) is 12.8 Å². The molecule has 1 atom stereocenters. The summed E-state index contributed by atoms with van der Waals surface area (Å²) in [5, 5.41) is 3.21. The minimum Gasteiger partial charge on any atom is -0.327 e. The van der Waals surface area contributed by atoms with E-state index in [-0.39, 0.29) is 0 Å². The van der Waals surface area contributed by atoms with Crippen LogP contribution in [0.4, 0.5) is 0 Å². The summed E-state index contributed by atoms with van der Waals surface area (Å²) < 4.78 is 0. The zero-order chi connectivity index (χ0) is 9.36. The van der Waals surface area contributed by atoms with Crippen molar-refractivity contribution < 1.29 is 0 Å². The van der Waals surface area contributed by atoms with Gasteiger partial charge in [-0.3, -0.25) is 0 Å². The van der Waals surface area contributed by atoms with E-state index in [1.165, 1.54) is 12.8 Å². The topological polar surface area (TPSA) is 38.0 Å². The molecule has 0 aliphatic carbocycles. The number of benzene rings is 1. The summed E-state index contributed by atoms with van der Waals surface area (Å²) in [5.74, 6) is 0. The lowest BCUT2D eigenvalue weighted by Crippen LogP contribution is -2.39. The van der Waals surface area contributed by atoms with E-state index < -0.39 is 0 Å². The summed E-state index contributed by atoms with van der Waals surface area (Å²) in [7, 11) is 0. The second-order valence-corrected chi connectivity index (χ2v) is 3.26. The van der Waals surface area contributed by atoms with E-state index in [9.17, 15) is 0 Å². The monoisotopic (exact) mass is 178 g/mol. The van der Waals surface area contributed by atoms with Crippen LogP contribution in [0.2, 0.25) is 0 Å². The highest BCUT2D eigenvalue weighted by Crippen LogP contribution is 1.96. The molecular formula is C11H18N2. The molecule has 0 saturated carbocycles. The van der Waals surface area contributed by atoms with Crippen molar-refractivity contribution in [2.45, 2.75) is 18.9 Å². The number of nitrogens with two attached hydrogens (primary N) is 1. The molecule has 1 unspecified atom stereocenters. The van der Waals surface area contributed by atoms with Crippen molar-refractivity contribution in [3.63, 3.8) is 0 Å². The maximum atomic E-state index is 5.57. The molecule has 0 aromatic heterocycles. The second-order valence-electron chi connectivity index (χ2n) is 3.26. The summed E-state index contributed by atoms with van der Waals surface area (Å²) in [5.41, 5.74) is 5.57. The van der Waals surface area contributed by atoms with Crippen molar-refractivity contribution in [2.24, 2.45) is 5.73 Å². The van der Waals surface area contributed by atoms with Gasteiger partial charge in [0.05, 0.1) is 0 Å². The molecule has 1 fully saturated rings. The van der Waals surface area contributed by atoms with Gasteiger partial charge >= 0.3 is 0 Å². The van der Waals surface area contributed by atoms with E-state index >= 15 is 0 Å². The van der Waals surface area contributed by atoms with Crippen LogP contribution in [-0.2, 0) is 0 Å². The van der Waals surface area contributed by atoms with E-state index in [0.717, 1.165) is 13.1 Å². The molecule has 2 rings (SSSR count). The Morgan fingerprint density at radius 3 is 1.77 bits per heavy atom. The molecule has 3 N–H and O–H groups in total. The third-order valence-electron chi connectivity index (χ3n) is 2.00. The highest BCUT2D eigenvalue weighted by Gasteiger charge is 2.05. The predicted octanol–water partition coefficient (Wildman–Crippen LogP) is 1.38. The molecule has 2 heteroatoms. The average Bonchev–Trinajstić information content (AvgIpc) is 2.22. The molecule has 1 aromatic rings. The Hall–Kier alpha value is -0.860. The molecule has 0 amide bonds. The van der Waals surface area contributed by atoms with Gasteiger partial charge in [-0.05, 0) is 19.4 Å². The predicted molar refractivity (Wildman–Crippen MR) is 56.5 cm³/mol. The Morgan fingerprint density at radius 2 is 1.54 bits per heavy atom. The maximum absolute atomic E-state index is 5.57. The van der Waals surface area contributed by atoms with Gasteiger partial charge < -0.3 is 11.1 Å². The number of piperidine rings is 1. The van der Waals surface area contributed by atoms with Crippen LogP contribution in [0.5, 0.6) is 0 Å². The van der Waals surface area contributed by atoms with Crippen molar-refractivity contribution in [3.05, 3.63) is 36.4 Å². The molecule has 1 aromatic carbocycles. The molecule has 13 heavy (non-hydrogen) atoms. The molecule has 1 aliphatic heterocycles. The Balaban J connectivity index is 0.000000132. The zero-order valence-electron chi connectivity index (χ0n) is 7.95. The second kappa shape index (κ2) is 6.63. The van der Waals surface area contributed by atoms with E-state index in [0.29, 0.717) is 6.04 Å². The lowest BCUT2D eigenvalue weighted by atomic mass is 10.1. The van der Waals surface area contributed by atoms with E-state index in [1.807, 2.05) is 36.4 Å². The van der Waals surface area contributed by atoms with Crippen molar-refractivity contribution >= 4 is 0 Å². The van der Waals surface area contributed by atoms with Gasteiger partial charge in [0.25, 0.3) is 0 Å². The summed E-state index contributed by atoms with van der Waals surface area (Å²) in [6, 6.07) is 12.4. The fourth-order valence-corrected chi connectivity index (χ4v) is 1.26. The van der Waals surface area contributed by atoms with Crippen molar-refractivity contribution in [2.75, 3.05) is 13.1 Å². The smallest absolute Gasteiger partial charge is 0.0165 e. The first kappa shape index (κ1) is 10.2. The van der Waals surface area contributed by atoms with Crippen LogP contribution >= 0.6 is 0 Å². The van der Waals surface area contributed by atoms with Gasteiger partial charge in [-0.2, -0.15) is 0 Å². The number of hydrogen-bond donors (Lipinski definition) is 2. The normalized spacial score (nSPS) is 21.5. The first-order chi connectivity index (χ1) is 6.39. The van der Waals surface area contributed by atoms with Crippen LogP contribution < -0.4 is 11.1 Å². The zero-order valence-corrected chi connectivity index (χ0v) is 7.95. The van der Waals surface area contributed by atoms with E-state index in [4.69, 9.17) is 5.73 Å². The number of rotatable bonds is 0. The first-order valence-electron chi connectivity index (χ1n) is 4.86. The first-order valence-corrected chi connectivity index (χ1v) is 4.86. The lowest BCUT2D eigenvalue weighted by Gasteiger charge is -2.17. The minimum atomic E-state index is 0.425. The number of nitrogens with one attached hydrogen (secondary N) is 1. The third kappa shape index (κ3) is 5.39. The van der Waals surface area contributed by atoms with Crippen molar-refractivity contribution in [1.82, 2.24) is 5.32 Å². The summed E-state index contributed by atoms with van der Waals surface area (Å²) >= 11 is 0. The third-order valence-corrected chi connectivity index (χ3v) is 2.00.